The number of halogens is 1. The lowest BCUT2D eigenvalue weighted by Crippen LogP contribution is -2.20. The first-order valence-electron chi connectivity index (χ1n) is 5.30. The minimum atomic E-state index is 0.263. The van der Waals surface area contributed by atoms with Gasteiger partial charge in [-0.1, -0.05) is 54.0 Å². The van der Waals surface area contributed by atoms with Crippen LogP contribution in [0.4, 0.5) is 0 Å². The first-order valence-corrected chi connectivity index (χ1v) is 6.42. The molecule has 0 atom stereocenters. The summed E-state index contributed by atoms with van der Waals surface area (Å²) in [7, 11) is 0. The molecule has 1 aromatic carbocycles. The van der Waals surface area contributed by atoms with E-state index in [1.165, 1.54) is 18.4 Å². The van der Waals surface area contributed by atoms with E-state index < -0.39 is 0 Å². The van der Waals surface area contributed by atoms with Crippen molar-refractivity contribution in [3.8, 4) is 0 Å². The molecule has 1 aliphatic carbocycles. The van der Waals surface area contributed by atoms with Crippen LogP contribution >= 0.6 is 15.9 Å². The van der Waals surface area contributed by atoms with Gasteiger partial charge < -0.3 is 0 Å². The topological polar surface area (TPSA) is 0 Å². The predicted octanol–water partition coefficient (Wildman–Crippen LogP) is 4.24. The van der Waals surface area contributed by atoms with Crippen molar-refractivity contribution in [2.75, 3.05) is 5.33 Å². The van der Waals surface area contributed by atoms with Crippen molar-refractivity contribution in [1.29, 1.82) is 0 Å². The van der Waals surface area contributed by atoms with Crippen LogP contribution < -0.4 is 0 Å². The van der Waals surface area contributed by atoms with Gasteiger partial charge in [0.2, 0.25) is 0 Å². The molecule has 0 saturated heterocycles. The van der Waals surface area contributed by atoms with Gasteiger partial charge in [-0.3, -0.25) is 0 Å². The van der Waals surface area contributed by atoms with E-state index in [-0.39, 0.29) is 5.41 Å². The van der Waals surface area contributed by atoms with Crippen molar-refractivity contribution in [3.63, 3.8) is 0 Å². The van der Waals surface area contributed by atoms with Crippen LogP contribution in [0.15, 0.2) is 24.3 Å². The zero-order chi connectivity index (χ0) is 10.2. The highest BCUT2D eigenvalue weighted by atomic mass is 79.9. The monoisotopic (exact) mass is 252 g/mol. The zero-order valence-corrected chi connectivity index (χ0v) is 10.5. The maximum Gasteiger partial charge on any atom is 0.0123 e. The van der Waals surface area contributed by atoms with Crippen molar-refractivity contribution in [2.45, 2.75) is 38.0 Å². The molecule has 1 saturated carbocycles. The summed E-state index contributed by atoms with van der Waals surface area (Å²) in [4.78, 5) is 0. The Balaban J connectivity index is 2.40. The number of hydrogen-bond donors (Lipinski definition) is 0. The van der Waals surface area contributed by atoms with Crippen molar-refractivity contribution in [2.24, 2.45) is 0 Å². The first-order chi connectivity index (χ1) is 6.65. The standard InChI is InChI=1S/C13H17Br/c1-13(2,9-14)12-6-4-3-5-11(12)10-7-8-10/h3-6,10H,7-9H2,1-2H3. The third kappa shape index (κ3) is 1.88. The van der Waals surface area contributed by atoms with Crippen LogP contribution in [0.25, 0.3) is 0 Å². The van der Waals surface area contributed by atoms with Crippen LogP contribution in [0.2, 0.25) is 0 Å². The molecule has 0 amide bonds. The van der Waals surface area contributed by atoms with E-state index in [4.69, 9.17) is 0 Å². The minimum absolute atomic E-state index is 0.263. The minimum Gasteiger partial charge on any atom is -0.0919 e. The molecule has 0 radical (unpaired) electrons. The van der Waals surface area contributed by atoms with Crippen molar-refractivity contribution in [3.05, 3.63) is 35.4 Å². The third-order valence-corrected chi connectivity index (χ3v) is 4.44. The third-order valence-electron chi connectivity index (χ3n) is 3.04. The summed E-state index contributed by atoms with van der Waals surface area (Å²) in [6.45, 7) is 4.62. The Labute approximate surface area is 94.8 Å². The van der Waals surface area contributed by atoms with E-state index >= 15 is 0 Å². The van der Waals surface area contributed by atoms with Crippen LogP contribution in [0.1, 0.15) is 43.7 Å². The Kier molecular flexibility index (Phi) is 2.70. The van der Waals surface area contributed by atoms with Crippen molar-refractivity contribution >= 4 is 15.9 Å². The Hall–Kier alpha value is -0.300. The van der Waals surface area contributed by atoms with Gasteiger partial charge in [-0.2, -0.15) is 0 Å². The molecule has 0 aromatic heterocycles. The van der Waals surface area contributed by atoms with Crippen LogP contribution in [-0.2, 0) is 5.41 Å². The van der Waals surface area contributed by atoms with Crippen molar-refractivity contribution in [1.82, 2.24) is 0 Å². The fraction of sp³-hybridized carbons (Fsp3) is 0.538. The van der Waals surface area contributed by atoms with Gasteiger partial charge in [-0.15, -0.1) is 0 Å². The Morgan fingerprint density at radius 1 is 1.29 bits per heavy atom. The molecular formula is C13H17Br. The molecule has 1 aromatic rings. The number of alkyl halides is 1. The molecule has 14 heavy (non-hydrogen) atoms. The Bertz CT molecular complexity index is 324. The average Bonchev–Trinajstić information content (AvgIpc) is 3.01. The summed E-state index contributed by atoms with van der Waals surface area (Å²) in [5, 5.41) is 1.03. The molecule has 0 bridgehead atoms. The van der Waals surface area contributed by atoms with E-state index in [0.29, 0.717) is 0 Å². The highest BCUT2D eigenvalue weighted by molar-refractivity contribution is 9.09. The molecular weight excluding hydrogens is 236 g/mol. The summed E-state index contributed by atoms with van der Waals surface area (Å²) < 4.78 is 0. The maximum atomic E-state index is 3.61. The quantitative estimate of drug-likeness (QED) is 0.707. The average molecular weight is 253 g/mol. The zero-order valence-electron chi connectivity index (χ0n) is 8.89. The molecule has 0 aliphatic heterocycles. The molecule has 1 aliphatic rings. The lowest BCUT2D eigenvalue weighted by Gasteiger charge is -2.25. The lowest BCUT2D eigenvalue weighted by atomic mass is 9.82. The van der Waals surface area contributed by atoms with Crippen LogP contribution in [0.5, 0.6) is 0 Å². The molecule has 2 rings (SSSR count). The van der Waals surface area contributed by atoms with Gasteiger partial charge in [0.25, 0.3) is 0 Å². The molecule has 0 N–H and O–H groups in total. The Morgan fingerprint density at radius 2 is 1.93 bits per heavy atom. The van der Waals surface area contributed by atoms with E-state index in [2.05, 4.69) is 54.0 Å². The number of rotatable bonds is 3. The summed E-state index contributed by atoms with van der Waals surface area (Å²) in [5.41, 5.74) is 3.37. The second-order valence-electron chi connectivity index (χ2n) is 4.88. The molecule has 76 valence electrons. The second-order valence-corrected chi connectivity index (χ2v) is 5.44. The number of benzene rings is 1. The summed E-state index contributed by atoms with van der Waals surface area (Å²) in [6.07, 6.45) is 2.77. The van der Waals surface area contributed by atoms with Crippen molar-refractivity contribution < 1.29 is 0 Å². The van der Waals surface area contributed by atoms with E-state index in [1.807, 2.05) is 0 Å². The fourth-order valence-electron chi connectivity index (χ4n) is 1.94. The maximum absolute atomic E-state index is 3.61. The van der Waals surface area contributed by atoms with Crippen LogP contribution in [-0.4, -0.2) is 5.33 Å². The van der Waals surface area contributed by atoms with Gasteiger partial charge in [-0.05, 0) is 35.3 Å². The highest BCUT2D eigenvalue weighted by Crippen LogP contribution is 2.44. The molecule has 0 heterocycles. The normalized spacial score (nSPS) is 17.1. The molecule has 0 spiro atoms. The Morgan fingerprint density at radius 3 is 2.50 bits per heavy atom. The molecule has 0 unspecified atom stereocenters. The van der Waals surface area contributed by atoms with Gasteiger partial charge in [0.05, 0.1) is 0 Å². The SMILES string of the molecule is CC(C)(CBr)c1ccccc1C1CC1. The largest absolute Gasteiger partial charge is 0.0919 e. The van der Waals surface area contributed by atoms with Gasteiger partial charge in [0, 0.05) is 5.33 Å². The predicted molar refractivity (Wildman–Crippen MR) is 65.2 cm³/mol. The van der Waals surface area contributed by atoms with E-state index in [9.17, 15) is 0 Å². The van der Waals surface area contributed by atoms with Gasteiger partial charge in [0.1, 0.15) is 0 Å². The highest BCUT2D eigenvalue weighted by Gasteiger charge is 2.30. The van der Waals surface area contributed by atoms with Gasteiger partial charge in [0.15, 0.2) is 0 Å². The van der Waals surface area contributed by atoms with E-state index in [1.54, 1.807) is 5.56 Å². The van der Waals surface area contributed by atoms with Crippen LogP contribution in [0.3, 0.4) is 0 Å². The second kappa shape index (κ2) is 3.69. The first kappa shape index (κ1) is 10.2. The van der Waals surface area contributed by atoms with Gasteiger partial charge in [-0.25, -0.2) is 0 Å². The summed E-state index contributed by atoms with van der Waals surface area (Å²) >= 11 is 3.61. The molecule has 0 nitrogen and oxygen atoms in total. The molecule has 1 heteroatoms. The summed E-state index contributed by atoms with van der Waals surface area (Å²) in [6, 6.07) is 8.92. The fourth-order valence-corrected chi connectivity index (χ4v) is 2.24. The van der Waals surface area contributed by atoms with E-state index in [0.717, 1.165) is 11.2 Å². The van der Waals surface area contributed by atoms with Crippen LogP contribution in [0, 0.1) is 0 Å². The molecule has 1 fully saturated rings. The smallest absolute Gasteiger partial charge is 0.0123 e. The summed E-state index contributed by atoms with van der Waals surface area (Å²) in [5.74, 6) is 0.851. The van der Waals surface area contributed by atoms with Gasteiger partial charge >= 0.3 is 0 Å². The number of hydrogen-bond acceptors (Lipinski definition) is 0. The lowest BCUT2D eigenvalue weighted by molar-refractivity contribution is 0.598.